The molecular formula is C23H31NO3. The van der Waals surface area contributed by atoms with Crippen molar-refractivity contribution in [1.82, 2.24) is 4.90 Å². The second-order valence-corrected chi connectivity index (χ2v) is 9.17. The van der Waals surface area contributed by atoms with Crippen molar-refractivity contribution in [1.29, 1.82) is 0 Å². The summed E-state index contributed by atoms with van der Waals surface area (Å²) in [5.74, 6) is 1.17. The van der Waals surface area contributed by atoms with Gasteiger partial charge in [-0.15, -0.1) is 0 Å². The van der Waals surface area contributed by atoms with Crippen LogP contribution in [0.1, 0.15) is 57.6 Å². The van der Waals surface area contributed by atoms with Gasteiger partial charge in [-0.25, -0.2) is 4.79 Å². The van der Waals surface area contributed by atoms with E-state index in [1.54, 1.807) is 0 Å². The molecule has 3 aliphatic rings. The van der Waals surface area contributed by atoms with E-state index in [0.29, 0.717) is 43.7 Å². The Morgan fingerprint density at radius 1 is 1.22 bits per heavy atom. The summed E-state index contributed by atoms with van der Waals surface area (Å²) in [6, 6.07) is 8.17. The zero-order valence-corrected chi connectivity index (χ0v) is 16.7. The second-order valence-electron chi connectivity index (χ2n) is 9.17. The van der Waals surface area contributed by atoms with E-state index in [1.165, 1.54) is 12.0 Å². The molecule has 4 heteroatoms. The van der Waals surface area contributed by atoms with Crippen molar-refractivity contribution in [3.63, 3.8) is 0 Å². The van der Waals surface area contributed by atoms with E-state index < -0.39 is 5.54 Å². The molecule has 0 aromatic heterocycles. The lowest BCUT2D eigenvalue weighted by molar-refractivity contribution is -0.171. The number of hydrogen-bond donors (Lipinski definition) is 0. The maximum atomic E-state index is 13.5. The van der Waals surface area contributed by atoms with E-state index in [-0.39, 0.29) is 17.9 Å². The van der Waals surface area contributed by atoms with Gasteiger partial charge in [0.15, 0.2) is 11.3 Å². The van der Waals surface area contributed by atoms with Crippen molar-refractivity contribution in [2.24, 2.45) is 17.8 Å². The Labute approximate surface area is 162 Å². The Morgan fingerprint density at radius 2 is 1.96 bits per heavy atom. The summed E-state index contributed by atoms with van der Waals surface area (Å²) in [7, 11) is 0. The number of nitrogens with zero attached hydrogens (tertiary/aromatic N) is 1. The third-order valence-electron chi connectivity index (χ3n) is 7.09. The number of carbonyl (C=O) groups is 2. The lowest BCUT2D eigenvalue weighted by Crippen LogP contribution is -2.60. The molecule has 0 radical (unpaired) electrons. The monoisotopic (exact) mass is 369 g/mol. The second kappa shape index (κ2) is 7.05. The molecule has 1 aromatic carbocycles. The molecule has 4 atom stereocenters. The van der Waals surface area contributed by atoms with Gasteiger partial charge in [0.25, 0.3) is 0 Å². The van der Waals surface area contributed by atoms with E-state index in [9.17, 15) is 9.59 Å². The molecule has 0 unspecified atom stereocenters. The smallest absolute Gasteiger partial charge is 0.335 e. The zero-order chi connectivity index (χ0) is 19.2. The van der Waals surface area contributed by atoms with Crippen LogP contribution < -0.4 is 0 Å². The molecular weight excluding hydrogens is 338 g/mol. The van der Waals surface area contributed by atoms with Gasteiger partial charge in [-0.1, -0.05) is 51.5 Å². The predicted octanol–water partition coefficient (Wildman–Crippen LogP) is 3.76. The van der Waals surface area contributed by atoms with Crippen molar-refractivity contribution in [3.8, 4) is 0 Å². The standard InChI is InChI=1S/C23H31NO3/c1-15(2)19-9-8-16(3)12-20(19)27-22(26)23-13-17-6-4-5-7-18(17)14-24(23)11-10-21(23)25/h4-7,15-16,19-20H,8-14H2,1-3H3/t16-,19+,20-,23-/m1/s1. The number of Topliss-reactive ketones (excluding diaryl/α,β-unsaturated/α-hetero) is 1. The third-order valence-corrected chi connectivity index (χ3v) is 7.09. The van der Waals surface area contributed by atoms with Gasteiger partial charge < -0.3 is 4.74 Å². The summed E-state index contributed by atoms with van der Waals surface area (Å²) in [6.45, 7) is 7.97. The van der Waals surface area contributed by atoms with E-state index in [0.717, 1.165) is 18.4 Å². The summed E-state index contributed by atoms with van der Waals surface area (Å²) >= 11 is 0. The molecule has 0 spiro atoms. The summed E-state index contributed by atoms with van der Waals surface area (Å²) in [4.78, 5) is 28.5. The first kappa shape index (κ1) is 18.7. The molecule has 0 amide bonds. The number of fused-ring (bicyclic) bond motifs is 2. The normalized spacial score (nSPS) is 33.6. The van der Waals surface area contributed by atoms with Crippen molar-refractivity contribution < 1.29 is 14.3 Å². The Morgan fingerprint density at radius 3 is 2.70 bits per heavy atom. The highest BCUT2D eigenvalue weighted by molar-refractivity contribution is 6.10. The van der Waals surface area contributed by atoms with Crippen molar-refractivity contribution in [3.05, 3.63) is 35.4 Å². The highest BCUT2D eigenvalue weighted by atomic mass is 16.5. The first-order valence-corrected chi connectivity index (χ1v) is 10.5. The van der Waals surface area contributed by atoms with Crippen LogP contribution in [0.15, 0.2) is 24.3 Å². The maximum absolute atomic E-state index is 13.5. The Balaban J connectivity index is 1.62. The van der Waals surface area contributed by atoms with E-state index in [1.807, 2.05) is 18.2 Å². The Bertz CT molecular complexity index is 743. The van der Waals surface area contributed by atoms with Crippen molar-refractivity contribution >= 4 is 11.8 Å². The fraction of sp³-hybridized carbons (Fsp3) is 0.652. The number of carbonyl (C=O) groups excluding carboxylic acids is 2. The molecule has 1 saturated heterocycles. The highest BCUT2D eigenvalue weighted by Crippen LogP contribution is 2.41. The minimum Gasteiger partial charge on any atom is -0.460 e. The Kier molecular flexibility index (Phi) is 4.87. The van der Waals surface area contributed by atoms with Crippen molar-refractivity contribution in [2.75, 3.05) is 6.54 Å². The van der Waals surface area contributed by atoms with E-state index >= 15 is 0 Å². The van der Waals surface area contributed by atoms with Crippen LogP contribution in [0.2, 0.25) is 0 Å². The van der Waals surface area contributed by atoms with Crippen LogP contribution >= 0.6 is 0 Å². The molecule has 2 aliphatic heterocycles. The lowest BCUT2D eigenvalue weighted by atomic mass is 9.75. The van der Waals surface area contributed by atoms with Crippen LogP contribution in [0.5, 0.6) is 0 Å². The topological polar surface area (TPSA) is 46.6 Å². The summed E-state index contributed by atoms with van der Waals surface area (Å²) < 4.78 is 6.16. The molecule has 0 bridgehead atoms. The molecule has 1 aliphatic carbocycles. The van der Waals surface area contributed by atoms with Gasteiger partial charge in [-0.2, -0.15) is 0 Å². The first-order chi connectivity index (χ1) is 12.9. The van der Waals surface area contributed by atoms with Gasteiger partial charge >= 0.3 is 5.97 Å². The molecule has 146 valence electrons. The van der Waals surface area contributed by atoms with Crippen molar-refractivity contribution in [2.45, 2.75) is 71.1 Å². The fourth-order valence-corrected chi connectivity index (χ4v) is 5.40. The largest absolute Gasteiger partial charge is 0.460 e. The number of rotatable bonds is 3. The van der Waals surface area contributed by atoms with Gasteiger partial charge in [0.2, 0.25) is 0 Å². The minimum atomic E-state index is -1.10. The molecule has 1 saturated carbocycles. The maximum Gasteiger partial charge on any atom is 0.335 e. The molecule has 2 heterocycles. The van der Waals surface area contributed by atoms with Crippen LogP contribution in [0.4, 0.5) is 0 Å². The molecule has 27 heavy (non-hydrogen) atoms. The van der Waals surface area contributed by atoms with Gasteiger partial charge in [0, 0.05) is 25.9 Å². The summed E-state index contributed by atoms with van der Waals surface area (Å²) in [6.07, 6.45) is 4.04. The van der Waals surface area contributed by atoms with Gasteiger partial charge in [-0.3, -0.25) is 9.69 Å². The first-order valence-electron chi connectivity index (χ1n) is 10.5. The van der Waals surface area contributed by atoms with E-state index in [4.69, 9.17) is 4.74 Å². The zero-order valence-electron chi connectivity index (χ0n) is 16.7. The Hall–Kier alpha value is -1.68. The molecule has 1 aromatic rings. The average Bonchev–Trinajstić information content (AvgIpc) is 2.96. The number of esters is 1. The predicted molar refractivity (Wildman–Crippen MR) is 104 cm³/mol. The van der Waals surface area contributed by atoms with Crippen LogP contribution in [0.3, 0.4) is 0 Å². The summed E-state index contributed by atoms with van der Waals surface area (Å²) in [5.41, 5.74) is 1.23. The minimum absolute atomic E-state index is 0.0342. The van der Waals surface area contributed by atoms with Crippen LogP contribution in [0.25, 0.3) is 0 Å². The molecule has 4 nitrogen and oxygen atoms in total. The molecule has 0 N–H and O–H groups in total. The summed E-state index contributed by atoms with van der Waals surface area (Å²) in [5, 5.41) is 0. The van der Waals surface area contributed by atoms with Gasteiger partial charge in [0.05, 0.1) is 0 Å². The van der Waals surface area contributed by atoms with Crippen LogP contribution in [-0.2, 0) is 27.3 Å². The average molecular weight is 370 g/mol. The number of benzene rings is 1. The highest BCUT2D eigenvalue weighted by Gasteiger charge is 2.58. The quantitative estimate of drug-likeness (QED) is 0.601. The van der Waals surface area contributed by atoms with Crippen LogP contribution in [0, 0.1) is 17.8 Å². The number of ether oxygens (including phenoxy) is 1. The van der Waals surface area contributed by atoms with Crippen LogP contribution in [-0.4, -0.2) is 34.8 Å². The van der Waals surface area contributed by atoms with Gasteiger partial charge in [0.1, 0.15) is 6.10 Å². The van der Waals surface area contributed by atoms with E-state index in [2.05, 4.69) is 31.7 Å². The molecule has 2 fully saturated rings. The fourth-order valence-electron chi connectivity index (χ4n) is 5.40. The molecule has 4 rings (SSSR count). The SMILES string of the molecule is CC(C)[C@@H]1CC[C@@H](C)C[C@H]1OC(=O)[C@]12Cc3ccccc3CN1CCC2=O. The lowest BCUT2D eigenvalue weighted by Gasteiger charge is -2.42. The number of hydrogen-bond acceptors (Lipinski definition) is 4. The number of ketones is 1. The van der Waals surface area contributed by atoms with Gasteiger partial charge in [-0.05, 0) is 41.7 Å². The third kappa shape index (κ3) is 3.12.